The monoisotopic (exact) mass is 466 g/mol. The summed E-state index contributed by atoms with van der Waals surface area (Å²) in [5.41, 5.74) is 2.34. The van der Waals surface area contributed by atoms with Gasteiger partial charge in [-0.05, 0) is 48.5 Å². The van der Waals surface area contributed by atoms with Gasteiger partial charge in [-0.2, -0.15) is 0 Å². The molecule has 2 aromatic carbocycles. The number of benzene rings is 2. The first kappa shape index (κ1) is 24.8. The predicted molar refractivity (Wildman–Crippen MR) is 129 cm³/mol. The van der Waals surface area contributed by atoms with Crippen LogP contribution in [0.15, 0.2) is 54.7 Å². The van der Waals surface area contributed by atoms with Gasteiger partial charge in [-0.15, -0.1) is 0 Å². The van der Waals surface area contributed by atoms with Gasteiger partial charge in [-0.25, -0.2) is 4.98 Å². The van der Waals surface area contributed by atoms with Crippen LogP contribution in [0.2, 0.25) is 0 Å². The van der Waals surface area contributed by atoms with Crippen molar-refractivity contribution < 1.29 is 23.8 Å². The number of imidazole rings is 1. The molecule has 180 valence electrons. The van der Waals surface area contributed by atoms with Gasteiger partial charge in [0.05, 0.1) is 26.5 Å². The van der Waals surface area contributed by atoms with Gasteiger partial charge in [0.25, 0.3) is 0 Å². The third kappa shape index (κ3) is 6.14. The summed E-state index contributed by atoms with van der Waals surface area (Å²) in [5, 5.41) is 2.86. The zero-order valence-electron chi connectivity index (χ0n) is 19.9. The van der Waals surface area contributed by atoms with E-state index in [1.165, 1.54) is 4.90 Å². The molecule has 34 heavy (non-hydrogen) atoms. The second kappa shape index (κ2) is 11.9. The molecule has 0 bridgehead atoms. The van der Waals surface area contributed by atoms with Gasteiger partial charge in [0.15, 0.2) is 0 Å². The van der Waals surface area contributed by atoms with Gasteiger partial charge < -0.3 is 19.1 Å². The Labute approximate surface area is 199 Å². The molecule has 3 aromatic rings. The quantitative estimate of drug-likeness (QED) is 0.466. The molecule has 0 saturated carbocycles. The Morgan fingerprint density at radius 1 is 0.971 bits per heavy atom. The Kier molecular flexibility index (Phi) is 8.64. The van der Waals surface area contributed by atoms with Crippen molar-refractivity contribution in [3.05, 3.63) is 54.7 Å². The van der Waals surface area contributed by atoms with E-state index in [0.29, 0.717) is 31.2 Å². The van der Waals surface area contributed by atoms with Crippen LogP contribution in [0.3, 0.4) is 0 Å². The summed E-state index contributed by atoms with van der Waals surface area (Å²) >= 11 is 0. The Bertz CT molecular complexity index is 1090. The molecule has 0 atom stereocenters. The number of carbonyl (C=O) groups is 2. The minimum Gasteiger partial charge on any atom is -0.497 e. The van der Waals surface area contributed by atoms with E-state index in [1.807, 2.05) is 54.7 Å². The lowest BCUT2D eigenvalue weighted by atomic mass is 10.1. The molecule has 0 aliphatic heterocycles. The van der Waals surface area contributed by atoms with E-state index in [-0.39, 0.29) is 18.4 Å². The molecule has 0 unspecified atom stereocenters. The molecule has 0 saturated heterocycles. The van der Waals surface area contributed by atoms with Crippen molar-refractivity contribution >= 4 is 17.8 Å². The zero-order valence-corrected chi connectivity index (χ0v) is 19.9. The maximum absolute atomic E-state index is 12.9. The van der Waals surface area contributed by atoms with Crippen LogP contribution < -0.4 is 14.8 Å². The zero-order chi connectivity index (χ0) is 24.5. The number of nitrogens with zero attached hydrogens (tertiary/aromatic N) is 3. The van der Waals surface area contributed by atoms with Crippen molar-refractivity contribution in [2.75, 3.05) is 46.3 Å². The Hall–Kier alpha value is -3.85. The van der Waals surface area contributed by atoms with Crippen molar-refractivity contribution in [1.82, 2.24) is 14.5 Å². The first-order valence-corrected chi connectivity index (χ1v) is 10.9. The smallest absolute Gasteiger partial charge is 0.246 e. The second-order valence-corrected chi connectivity index (χ2v) is 7.46. The molecular weight excluding hydrogens is 436 g/mol. The molecular formula is C25H30N4O5. The minimum absolute atomic E-state index is 0.0939. The topological polar surface area (TPSA) is 94.9 Å². The van der Waals surface area contributed by atoms with E-state index in [2.05, 4.69) is 10.3 Å². The highest BCUT2D eigenvalue weighted by molar-refractivity contribution is 5.93. The van der Waals surface area contributed by atoms with Crippen molar-refractivity contribution in [1.29, 1.82) is 0 Å². The summed E-state index contributed by atoms with van der Waals surface area (Å²) in [5.74, 6) is 1.33. The number of hydrogen-bond acceptors (Lipinski definition) is 6. The van der Waals surface area contributed by atoms with Crippen LogP contribution in [0, 0.1) is 0 Å². The summed E-state index contributed by atoms with van der Waals surface area (Å²) in [6.07, 6.45) is 2.15. The minimum atomic E-state index is -0.348. The van der Waals surface area contributed by atoms with E-state index < -0.39 is 0 Å². The summed E-state index contributed by atoms with van der Waals surface area (Å²) < 4.78 is 17.3. The number of nitrogens with one attached hydrogen (secondary N) is 1. The number of methoxy groups -OCH3 is 3. The molecule has 0 aliphatic rings. The van der Waals surface area contributed by atoms with E-state index in [9.17, 15) is 9.59 Å². The van der Waals surface area contributed by atoms with Crippen molar-refractivity contribution in [2.24, 2.45) is 0 Å². The molecule has 3 rings (SSSR count). The molecule has 0 fully saturated rings. The third-order valence-electron chi connectivity index (χ3n) is 5.25. The number of carbonyl (C=O) groups excluding carboxylic acids is 2. The van der Waals surface area contributed by atoms with Crippen molar-refractivity contribution in [3.8, 4) is 28.4 Å². The number of hydrogen-bond donors (Lipinski definition) is 1. The van der Waals surface area contributed by atoms with Crippen molar-refractivity contribution in [3.63, 3.8) is 0 Å². The largest absolute Gasteiger partial charge is 0.497 e. The normalized spacial score (nSPS) is 10.6. The average molecular weight is 467 g/mol. The lowest BCUT2D eigenvalue weighted by molar-refractivity contribution is -0.135. The van der Waals surface area contributed by atoms with E-state index in [0.717, 1.165) is 22.7 Å². The van der Waals surface area contributed by atoms with Gasteiger partial charge in [0, 0.05) is 37.5 Å². The molecule has 1 heterocycles. The van der Waals surface area contributed by atoms with Gasteiger partial charge in [0.2, 0.25) is 17.8 Å². The molecule has 0 aliphatic carbocycles. The average Bonchev–Trinajstić information content (AvgIpc) is 3.29. The summed E-state index contributed by atoms with van der Waals surface area (Å²) in [6.45, 7) is 2.35. The molecule has 1 aromatic heterocycles. The maximum Gasteiger partial charge on any atom is 0.246 e. The fraction of sp³-hybridized carbons (Fsp3) is 0.320. The summed E-state index contributed by atoms with van der Waals surface area (Å²) in [7, 11) is 4.77. The highest BCUT2D eigenvalue weighted by Crippen LogP contribution is 2.27. The van der Waals surface area contributed by atoms with E-state index in [4.69, 9.17) is 14.2 Å². The van der Waals surface area contributed by atoms with Crippen LogP contribution >= 0.6 is 0 Å². The lowest BCUT2D eigenvalue weighted by Crippen LogP contribution is -2.39. The standard InChI is InChI=1S/C25H30N4O5/c1-5-24(31)28(14-15-32-2)17-23(30)27-25-26-22(18-6-10-20(33-3)11-7-18)16-29(25)19-8-12-21(34-4)13-9-19/h6-13,16H,5,14-15,17H2,1-4H3,(H,26,27,30). The number of anilines is 1. The SMILES string of the molecule is CCC(=O)N(CCOC)CC(=O)Nc1nc(-c2ccc(OC)cc2)cn1-c1ccc(OC)cc1. The number of rotatable bonds is 11. The van der Waals surface area contributed by atoms with Crippen LogP contribution in [0.25, 0.3) is 16.9 Å². The van der Waals surface area contributed by atoms with Crippen LogP contribution in [0.1, 0.15) is 13.3 Å². The number of aromatic nitrogens is 2. The van der Waals surface area contributed by atoms with Gasteiger partial charge >= 0.3 is 0 Å². The first-order chi connectivity index (χ1) is 16.5. The third-order valence-corrected chi connectivity index (χ3v) is 5.25. The van der Waals surface area contributed by atoms with Gasteiger partial charge in [0.1, 0.15) is 18.0 Å². The molecule has 9 nitrogen and oxygen atoms in total. The Morgan fingerprint density at radius 2 is 1.59 bits per heavy atom. The molecule has 1 N–H and O–H groups in total. The fourth-order valence-electron chi connectivity index (χ4n) is 3.36. The van der Waals surface area contributed by atoms with E-state index in [1.54, 1.807) is 32.8 Å². The molecule has 2 amide bonds. The van der Waals surface area contributed by atoms with Gasteiger partial charge in [-0.1, -0.05) is 6.92 Å². The first-order valence-electron chi connectivity index (χ1n) is 10.9. The fourth-order valence-corrected chi connectivity index (χ4v) is 3.36. The van der Waals surface area contributed by atoms with Gasteiger partial charge in [-0.3, -0.25) is 19.5 Å². The van der Waals surface area contributed by atoms with Crippen molar-refractivity contribution in [2.45, 2.75) is 13.3 Å². The highest BCUT2D eigenvalue weighted by atomic mass is 16.5. The lowest BCUT2D eigenvalue weighted by Gasteiger charge is -2.21. The Morgan fingerprint density at radius 3 is 2.15 bits per heavy atom. The van der Waals surface area contributed by atoms with Crippen LogP contribution in [0.5, 0.6) is 11.5 Å². The summed E-state index contributed by atoms with van der Waals surface area (Å²) in [6, 6.07) is 14.9. The van der Waals surface area contributed by atoms with Crippen LogP contribution in [0.4, 0.5) is 5.95 Å². The predicted octanol–water partition coefficient (Wildman–Crippen LogP) is 3.38. The highest BCUT2D eigenvalue weighted by Gasteiger charge is 2.19. The molecule has 0 radical (unpaired) electrons. The second-order valence-electron chi connectivity index (χ2n) is 7.46. The van der Waals surface area contributed by atoms with Crippen LogP contribution in [-0.2, 0) is 14.3 Å². The molecule has 9 heteroatoms. The maximum atomic E-state index is 12.9. The van der Waals surface area contributed by atoms with Crippen LogP contribution in [-0.4, -0.2) is 67.3 Å². The Balaban J connectivity index is 1.90. The van der Waals surface area contributed by atoms with E-state index >= 15 is 0 Å². The number of amides is 2. The summed E-state index contributed by atoms with van der Waals surface area (Å²) in [4.78, 5) is 31.3. The molecule has 0 spiro atoms. The number of ether oxygens (including phenoxy) is 3.